The van der Waals surface area contributed by atoms with Crippen LogP contribution in [-0.2, 0) is 31.5 Å². The fourth-order valence-electron chi connectivity index (χ4n) is 4.45. The Morgan fingerprint density at radius 2 is 1.89 bits per heavy atom. The van der Waals surface area contributed by atoms with E-state index in [-0.39, 0.29) is 10.7 Å². The Morgan fingerprint density at radius 3 is 2.63 bits per heavy atom. The number of aromatic nitrogens is 2. The van der Waals surface area contributed by atoms with Crippen molar-refractivity contribution in [2.75, 3.05) is 50.9 Å². The quantitative estimate of drug-likeness (QED) is 0.742. The summed E-state index contributed by atoms with van der Waals surface area (Å²) < 4.78 is 38.5. The topological polar surface area (TPSA) is 84.9 Å². The number of ether oxygens (including phenoxy) is 2. The summed E-state index contributed by atoms with van der Waals surface area (Å²) in [6.45, 7) is 6.98. The van der Waals surface area contributed by atoms with Crippen LogP contribution < -0.4 is 4.90 Å². The summed E-state index contributed by atoms with van der Waals surface area (Å²) in [5, 5.41) is -0.173. The summed E-state index contributed by atoms with van der Waals surface area (Å²) in [5.74, 6) is 0.735. The van der Waals surface area contributed by atoms with E-state index in [4.69, 9.17) is 19.4 Å². The Bertz CT molecular complexity index is 851. The Kier molecular flexibility index (Phi) is 4.19. The lowest BCUT2D eigenvalue weighted by Crippen LogP contribution is -2.44. The first-order valence-corrected chi connectivity index (χ1v) is 11.3. The van der Waals surface area contributed by atoms with Gasteiger partial charge in [0.1, 0.15) is 0 Å². The molecule has 2 saturated heterocycles. The molecule has 9 heteroatoms. The summed E-state index contributed by atoms with van der Waals surface area (Å²) in [6, 6.07) is 0. The molecule has 0 radical (unpaired) electrons. The van der Waals surface area contributed by atoms with E-state index in [1.54, 1.807) is 4.31 Å². The van der Waals surface area contributed by atoms with Crippen LogP contribution in [0.1, 0.15) is 36.2 Å². The minimum absolute atomic E-state index is 0.173. The number of hydrogen-bond acceptors (Lipinski definition) is 7. The van der Waals surface area contributed by atoms with Gasteiger partial charge in [0.25, 0.3) is 0 Å². The van der Waals surface area contributed by atoms with Crippen LogP contribution in [0.25, 0.3) is 0 Å². The van der Waals surface area contributed by atoms with Gasteiger partial charge in [0, 0.05) is 37.4 Å². The number of anilines is 1. The van der Waals surface area contributed by atoms with E-state index >= 15 is 0 Å². The van der Waals surface area contributed by atoms with Crippen LogP contribution >= 0.6 is 0 Å². The molecule has 4 aliphatic rings. The van der Waals surface area contributed by atoms with E-state index in [9.17, 15) is 8.42 Å². The van der Waals surface area contributed by atoms with Crippen molar-refractivity contribution >= 4 is 16.0 Å². The van der Waals surface area contributed by atoms with E-state index in [0.717, 1.165) is 55.3 Å². The average molecular weight is 394 g/mol. The maximum Gasteiger partial charge on any atom is 0.225 e. The van der Waals surface area contributed by atoms with E-state index in [0.29, 0.717) is 39.5 Å². The highest BCUT2D eigenvalue weighted by atomic mass is 32.2. The van der Waals surface area contributed by atoms with Crippen molar-refractivity contribution in [2.24, 2.45) is 0 Å². The Labute approximate surface area is 159 Å². The Hall–Kier alpha value is -1.29. The molecule has 1 aromatic rings. The first kappa shape index (κ1) is 17.8. The van der Waals surface area contributed by atoms with Crippen molar-refractivity contribution in [2.45, 2.75) is 43.5 Å². The molecule has 8 nitrogen and oxygen atoms in total. The van der Waals surface area contributed by atoms with Crippen LogP contribution in [0.2, 0.25) is 0 Å². The molecule has 0 bridgehead atoms. The number of sulfonamides is 1. The van der Waals surface area contributed by atoms with Gasteiger partial charge in [0.2, 0.25) is 16.0 Å². The third-order valence-corrected chi connectivity index (χ3v) is 8.59. The predicted molar refractivity (Wildman–Crippen MR) is 99.3 cm³/mol. The molecule has 4 heterocycles. The Morgan fingerprint density at radius 1 is 1.11 bits per heavy atom. The number of fused-ring (bicyclic) bond motifs is 2. The molecule has 0 N–H and O–H groups in total. The molecule has 1 aliphatic carbocycles. The number of aryl methyl sites for hydroxylation is 1. The average Bonchev–Trinajstić information content (AvgIpc) is 3.45. The summed E-state index contributed by atoms with van der Waals surface area (Å²) in [6.07, 6.45) is 2.34. The smallest absolute Gasteiger partial charge is 0.225 e. The summed E-state index contributed by atoms with van der Waals surface area (Å²) in [4.78, 5) is 11.8. The van der Waals surface area contributed by atoms with Gasteiger partial charge in [-0.25, -0.2) is 22.7 Å². The number of morpholine rings is 1. The van der Waals surface area contributed by atoms with E-state index < -0.39 is 10.0 Å². The second-order valence-electron chi connectivity index (χ2n) is 8.14. The minimum atomic E-state index is -3.18. The lowest BCUT2D eigenvalue weighted by Gasteiger charge is -2.36. The van der Waals surface area contributed by atoms with Crippen molar-refractivity contribution in [1.29, 1.82) is 0 Å². The predicted octanol–water partition coefficient (Wildman–Crippen LogP) is 0.588. The summed E-state index contributed by atoms with van der Waals surface area (Å²) in [7, 11) is -3.18. The van der Waals surface area contributed by atoms with Crippen LogP contribution in [0.4, 0.5) is 5.95 Å². The van der Waals surface area contributed by atoms with Gasteiger partial charge in [-0.3, -0.25) is 0 Å². The molecule has 148 valence electrons. The fourth-order valence-corrected chi connectivity index (χ4v) is 6.38. The van der Waals surface area contributed by atoms with Gasteiger partial charge in [-0.15, -0.1) is 0 Å². The van der Waals surface area contributed by atoms with Crippen LogP contribution in [0.15, 0.2) is 0 Å². The zero-order chi connectivity index (χ0) is 18.6. The first-order chi connectivity index (χ1) is 13.0. The lowest BCUT2D eigenvalue weighted by molar-refractivity contribution is 0.0525. The van der Waals surface area contributed by atoms with E-state index in [2.05, 4.69) is 4.90 Å². The highest BCUT2D eigenvalue weighted by Crippen LogP contribution is 2.43. The highest BCUT2D eigenvalue weighted by molar-refractivity contribution is 7.90. The maximum atomic E-state index is 12.7. The third-order valence-electron chi connectivity index (χ3n) is 6.25. The summed E-state index contributed by atoms with van der Waals surface area (Å²) in [5.41, 5.74) is 2.61. The number of nitrogens with zero attached hydrogens (tertiary/aromatic N) is 4. The SMILES string of the molecule is Cc1nc(N2CCOCC2)nc2c1COC[C@]21CCN(S(=O)(=O)C2CC2)C1. The van der Waals surface area contributed by atoms with E-state index in [1.165, 1.54) is 0 Å². The fraction of sp³-hybridized carbons (Fsp3) is 0.778. The molecule has 3 aliphatic heterocycles. The molecule has 5 rings (SSSR count). The van der Waals surface area contributed by atoms with E-state index in [1.807, 2.05) is 6.92 Å². The molecular formula is C18H26N4O4S. The molecule has 27 heavy (non-hydrogen) atoms. The minimum Gasteiger partial charge on any atom is -0.378 e. The monoisotopic (exact) mass is 394 g/mol. The molecule has 1 aromatic heterocycles. The normalized spacial score (nSPS) is 29.3. The van der Waals surface area contributed by atoms with Crippen molar-refractivity contribution in [3.05, 3.63) is 17.0 Å². The zero-order valence-electron chi connectivity index (χ0n) is 15.7. The van der Waals surface area contributed by atoms with Gasteiger partial charge in [-0.1, -0.05) is 0 Å². The lowest BCUT2D eigenvalue weighted by atomic mass is 9.80. The number of hydrogen-bond donors (Lipinski definition) is 0. The van der Waals surface area contributed by atoms with Crippen LogP contribution in [0.5, 0.6) is 0 Å². The van der Waals surface area contributed by atoms with Gasteiger partial charge in [0.15, 0.2) is 0 Å². The van der Waals surface area contributed by atoms with Gasteiger partial charge < -0.3 is 14.4 Å². The largest absolute Gasteiger partial charge is 0.378 e. The second-order valence-corrected chi connectivity index (χ2v) is 10.3. The van der Waals surface area contributed by atoms with Crippen LogP contribution in [0, 0.1) is 6.92 Å². The first-order valence-electron chi connectivity index (χ1n) is 9.77. The van der Waals surface area contributed by atoms with Crippen molar-refractivity contribution in [3.63, 3.8) is 0 Å². The summed E-state index contributed by atoms with van der Waals surface area (Å²) >= 11 is 0. The third kappa shape index (κ3) is 2.95. The van der Waals surface area contributed by atoms with Gasteiger partial charge in [0.05, 0.1) is 42.8 Å². The van der Waals surface area contributed by atoms with Gasteiger partial charge in [-0.2, -0.15) is 0 Å². The zero-order valence-corrected chi connectivity index (χ0v) is 16.5. The molecule has 1 spiro atoms. The number of rotatable bonds is 3. The van der Waals surface area contributed by atoms with Crippen molar-refractivity contribution < 1.29 is 17.9 Å². The highest BCUT2D eigenvalue weighted by Gasteiger charge is 2.51. The van der Waals surface area contributed by atoms with Crippen molar-refractivity contribution in [3.8, 4) is 0 Å². The van der Waals surface area contributed by atoms with Crippen LogP contribution in [-0.4, -0.2) is 73.9 Å². The second kappa shape index (κ2) is 6.37. The molecule has 1 saturated carbocycles. The molecule has 3 fully saturated rings. The van der Waals surface area contributed by atoms with Crippen LogP contribution in [0.3, 0.4) is 0 Å². The molecular weight excluding hydrogens is 368 g/mol. The van der Waals surface area contributed by atoms with Crippen molar-refractivity contribution in [1.82, 2.24) is 14.3 Å². The molecule has 0 unspecified atom stereocenters. The Balaban J connectivity index is 1.51. The van der Waals surface area contributed by atoms with Gasteiger partial charge in [-0.05, 0) is 26.2 Å². The standard InChI is InChI=1S/C18H26N4O4S/c1-13-15-10-26-12-18(4-5-22(11-18)27(23,24)14-2-3-14)16(15)20-17(19-13)21-6-8-25-9-7-21/h14H,2-12H2,1H3/t18-/m1/s1. The maximum absolute atomic E-state index is 12.7. The molecule has 0 amide bonds. The van der Waals surface area contributed by atoms with Gasteiger partial charge >= 0.3 is 0 Å². The molecule has 1 atom stereocenters. The molecule has 0 aromatic carbocycles.